The molecule has 0 fully saturated rings. The lowest BCUT2D eigenvalue weighted by atomic mass is 10.1. The number of hydrogen-bond acceptors (Lipinski definition) is 4. The Morgan fingerprint density at radius 3 is 2.19 bits per heavy atom. The Morgan fingerprint density at radius 1 is 1.00 bits per heavy atom. The molecule has 2 aromatic carbocycles. The van der Waals surface area contributed by atoms with Crippen LogP contribution in [0.2, 0.25) is 0 Å². The predicted octanol–water partition coefficient (Wildman–Crippen LogP) is 3.81. The van der Waals surface area contributed by atoms with Crippen LogP contribution in [0, 0.1) is 5.92 Å². The predicted molar refractivity (Wildman–Crippen MR) is 111 cm³/mol. The summed E-state index contributed by atoms with van der Waals surface area (Å²) >= 11 is 5.19. The number of anilines is 2. The van der Waals surface area contributed by atoms with E-state index in [1.54, 1.807) is 48.5 Å². The summed E-state index contributed by atoms with van der Waals surface area (Å²) in [5, 5.41) is 8.56. The van der Waals surface area contributed by atoms with Crippen LogP contribution in [-0.4, -0.2) is 24.0 Å². The third-order valence-electron chi connectivity index (χ3n) is 3.60. The van der Waals surface area contributed by atoms with Crippen molar-refractivity contribution in [1.29, 1.82) is 0 Å². The van der Waals surface area contributed by atoms with Crippen molar-refractivity contribution in [2.75, 3.05) is 17.7 Å². The number of rotatable bonds is 6. The minimum absolute atomic E-state index is 0.0229. The summed E-state index contributed by atoms with van der Waals surface area (Å²) in [6.45, 7) is 3.99. The van der Waals surface area contributed by atoms with Crippen LogP contribution in [-0.2, 0) is 4.79 Å². The maximum Gasteiger partial charge on any atom is 0.261 e. The molecule has 0 spiro atoms. The van der Waals surface area contributed by atoms with E-state index in [-0.39, 0.29) is 16.9 Å². The number of methoxy groups -OCH3 is 1. The largest absolute Gasteiger partial charge is 0.496 e. The molecule has 27 heavy (non-hydrogen) atoms. The van der Waals surface area contributed by atoms with E-state index in [1.807, 2.05) is 13.8 Å². The number of thiocarbonyl (C=S) groups is 1. The van der Waals surface area contributed by atoms with E-state index in [2.05, 4.69) is 16.0 Å². The van der Waals surface area contributed by atoms with E-state index < -0.39 is 0 Å². The van der Waals surface area contributed by atoms with E-state index >= 15 is 0 Å². The van der Waals surface area contributed by atoms with E-state index in [4.69, 9.17) is 17.0 Å². The molecule has 0 saturated carbocycles. The molecular formula is C20H23N3O3S. The number of nitrogens with one attached hydrogen (secondary N) is 3. The van der Waals surface area contributed by atoms with Gasteiger partial charge in [0.05, 0.1) is 12.7 Å². The molecule has 0 aliphatic heterocycles. The maximum absolute atomic E-state index is 12.3. The summed E-state index contributed by atoms with van der Waals surface area (Å²) in [6.07, 6.45) is 0.471. The SMILES string of the molecule is COc1ccccc1C(=O)NC(=S)Nc1ccc(NC(=O)CC(C)C)cc1. The Hall–Kier alpha value is -2.93. The van der Waals surface area contributed by atoms with Gasteiger partial charge in [-0.25, -0.2) is 0 Å². The highest BCUT2D eigenvalue weighted by molar-refractivity contribution is 7.80. The fourth-order valence-corrected chi connectivity index (χ4v) is 2.60. The number of ether oxygens (including phenoxy) is 1. The van der Waals surface area contributed by atoms with Crippen LogP contribution in [0.15, 0.2) is 48.5 Å². The summed E-state index contributed by atoms with van der Waals surface area (Å²) in [5.74, 6) is 0.391. The van der Waals surface area contributed by atoms with Gasteiger partial charge in [-0.15, -0.1) is 0 Å². The molecule has 0 bridgehead atoms. The minimum Gasteiger partial charge on any atom is -0.496 e. The molecule has 6 nitrogen and oxygen atoms in total. The molecule has 142 valence electrons. The van der Waals surface area contributed by atoms with Crippen molar-refractivity contribution in [3.8, 4) is 5.75 Å². The molecule has 0 saturated heterocycles. The van der Waals surface area contributed by atoms with E-state index in [0.717, 1.165) is 0 Å². The monoisotopic (exact) mass is 385 g/mol. The first-order valence-electron chi connectivity index (χ1n) is 8.54. The van der Waals surface area contributed by atoms with Gasteiger partial charge >= 0.3 is 0 Å². The smallest absolute Gasteiger partial charge is 0.261 e. The lowest BCUT2D eigenvalue weighted by Crippen LogP contribution is -2.34. The van der Waals surface area contributed by atoms with Gasteiger partial charge in [0.2, 0.25) is 5.91 Å². The first kappa shape index (κ1) is 20.4. The molecular weight excluding hydrogens is 362 g/mol. The molecule has 7 heteroatoms. The normalized spacial score (nSPS) is 10.2. The Kier molecular flexibility index (Phi) is 7.31. The Bertz CT molecular complexity index is 819. The van der Waals surface area contributed by atoms with Gasteiger partial charge in [-0.05, 0) is 54.5 Å². The molecule has 2 rings (SSSR count). The third-order valence-corrected chi connectivity index (χ3v) is 3.80. The topological polar surface area (TPSA) is 79.5 Å². The summed E-state index contributed by atoms with van der Waals surface area (Å²) < 4.78 is 5.18. The molecule has 0 aromatic heterocycles. The lowest BCUT2D eigenvalue weighted by molar-refractivity contribution is -0.116. The van der Waals surface area contributed by atoms with Crippen molar-refractivity contribution in [3.63, 3.8) is 0 Å². The van der Waals surface area contributed by atoms with Crippen LogP contribution in [0.5, 0.6) is 5.75 Å². The highest BCUT2D eigenvalue weighted by atomic mass is 32.1. The molecule has 0 atom stereocenters. The van der Waals surface area contributed by atoms with Crippen LogP contribution >= 0.6 is 12.2 Å². The van der Waals surface area contributed by atoms with E-state index in [9.17, 15) is 9.59 Å². The van der Waals surface area contributed by atoms with Crippen LogP contribution in [0.1, 0.15) is 30.6 Å². The van der Waals surface area contributed by atoms with Crippen molar-refractivity contribution < 1.29 is 14.3 Å². The van der Waals surface area contributed by atoms with Gasteiger partial charge < -0.3 is 15.4 Å². The number of benzene rings is 2. The average molecular weight is 385 g/mol. The van der Waals surface area contributed by atoms with Crippen LogP contribution in [0.3, 0.4) is 0 Å². The first-order chi connectivity index (χ1) is 12.9. The molecule has 3 N–H and O–H groups in total. The lowest BCUT2D eigenvalue weighted by Gasteiger charge is -2.12. The maximum atomic E-state index is 12.3. The van der Waals surface area contributed by atoms with Crippen LogP contribution < -0.4 is 20.7 Å². The summed E-state index contributed by atoms with van der Waals surface area (Å²) in [4.78, 5) is 24.1. The minimum atomic E-state index is -0.359. The highest BCUT2D eigenvalue weighted by Crippen LogP contribution is 2.17. The third kappa shape index (κ3) is 6.38. The Balaban J connectivity index is 1.92. The average Bonchev–Trinajstić information content (AvgIpc) is 2.62. The second-order valence-electron chi connectivity index (χ2n) is 6.33. The zero-order valence-electron chi connectivity index (χ0n) is 15.5. The highest BCUT2D eigenvalue weighted by Gasteiger charge is 2.13. The van der Waals surface area contributed by atoms with Crippen molar-refractivity contribution in [1.82, 2.24) is 5.32 Å². The summed E-state index contributed by atoms with van der Waals surface area (Å²) in [6, 6.07) is 14.0. The number of amides is 2. The number of carbonyl (C=O) groups is 2. The number of carbonyl (C=O) groups excluding carboxylic acids is 2. The first-order valence-corrected chi connectivity index (χ1v) is 8.95. The zero-order chi connectivity index (χ0) is 19.8. The van der Waals surface area contributed by atoms with Crippen molar-refractivity contribution in [3.05, 3.63) is 54.1 Å². The van der Waals surface area contributed by atoms with Crippen molar-refractivity contribution >= 4 is 40.5 Å². The summed E-state index contributed by atoms with van der Waals surface area (Å²) in [5.41, 5.74) is 1.80. The second kappa shape index (κ2) is 9.68. The summed E-state index contributed by atoms with van der Waals surface area (Å²) in [7, 11) is 1.50. The van der Waals surface area contributed by atoms with Gasteiger partial charge in [0.1, 0.15) is 5.75 Å². The number of para-hydroxylation sites is 1. The van der Waals surface area contributed by atoms with Gasteiger partial charge in [0.15, 0.2) is 5.11 Å². The molecule has 0 unspecified atom stereocenters. The van der Waals surface area contributed by atoms with Crippen molar-refractivity contribution in [2.45, 2.75) is 20.3 Å². The standard InChI is InChI=1S/C20H23N3O3S/c1-13(2)12-18(24)21-14-8-10-15(11-9-14)22-20(27)23-19(25)16-6-4-5-7-17(16)26-3/h4-11,13H,12H2,1-3H3,(H,21,24)(H2,22,23,25,27). The quantitative estimate of drug-likeness (QED) is 0.659. The van der Waals surface area contributed by atoms with E-state index in [0.29, 0.717) is 35.0 Å². The van der Waals surface area contributed by atoms with Gasteiger partial charge in [0.25, 0.3) is 5.91 Å². The van der Waals surface area contributed by atoms with Gasteiger partial charge in [-0.1, -0.05) is 26.0 Å². The van der Waals surface area contributed by atoms with Gasteiger partial charge in [-0.2, -0.15) is 0 Å². The molecule has 0 radical (unpaired) electrons. The second-order valence-corrected chi connectivity index (χ2v) is 6.74. The Morgan fingerprint density at radius 2 is 1.59 bits per heavy atom. The fourth-order valence-electron chi connectivity index (χ4n) is 2.38. The molecule has 2 aromatic rings. The molecule has 0 aliphatic carbocycles. The fraction of sp³-hybridized carbons (Fsp3) is 0.250. The van der Waals surface area contributed by atoms with Crippen LogP contribution in [0.25, 0.3) is 0 Å². The van der Waals surface area contributed by atoms with Gasteiger partial charge in [-0.3, -0.25) is 14.9 Å². The molecule has 2 amide bonds. The van der Waals surface area contributed by atoms with Crippen molar-refractivity contribution in [2.24, 2.45) is 5.92 Å². The Labute approximate surface area is 164 Å². The molecule has 0 heterocycles. The van der Waals surface area contributed by atoms with Gasteiger partial charge in [0, 0.05) is 17.8 Å². The molecule has 0 aliphatic rings. The number of hydrogen-bond donors (Lipinski definition) is 3. The van der Waals surface area contributed by atoms with Crippen LogP contribution in [0.4, 0.5) is 11.4 Å². The van der Waals surface area contributed by atoms with E-state index in [1.165, 1.54) is 7.11 Å². The zero-order valence-corrected chi connectivity index (χ0v) is 16.4.